The number of aliphatic imine (C=N–C) groups is 2. The number of hydrogen-bond donors (Lipinski definition) is 0. The van der Waals surface area contributed by atoms with Crippen molar-refractivity contribution in [2.75, 3.05) is 13.2 Å². The number of esters is 2. The summed E-state index contributed by atoms with van der Waals surface area (Å²) in [6.45, 7) is 4.41. The highest BCUT2D eigenvalue weighted by Crippen LogP contribution is 3.02. The van der Waals surface area contributed by atoms with Gasteiger partial charge >= 0.3 is 11.9 Å². The molecule has 10 aliphatic rings. The number of hydrogen-bond acceptors (Lipinski definition) is 6. The van der Waals surface area contributed by atoms with E-state index in [1.165, 1.54) is 303 Å². The van der Waals surface area contributed by atoms with Crippen molar-refractivity contribution in [2.24, 2.45) is 9.98 Å². The van der Waals surface area contributed by atoms with Gasteiger partial charge in [0.1, 0.15) is 0 Å². The van der Waals surface area contributed by atoms with Crippen molar-refractivity contribution in [2.45, 2.75) is 46.6 Å². The molecule has 2 saturated carbocycles. The number of carbonyl (C=O) groups excluding carboxylic acids is 2. The van der Waals surface area contributed by atoms with E-state index in [0.29, 0.717) is 0 Å². The van der Waals surface area contributed by atoms with E-state index in [9.17, 15) is 0 Å². The zero-order valence-electron chi connectivity index (χ0n) is 52.5. The highest BCUT2D eigenvalue weighted by atomic mass is 16.5. The third kappa shape index (κ3) is 2.66. The number of ether oxygens (including phenoxy) is 2. The Hall–Kier alpha value is -12.1. The van der Waals surface area contributed by atoms with Crippen molar-refractivity contribution >= 4 is 282 Å². The molecule has 0 aromatic heterocycles. The van der Waals surface area contributed by atoms with Gasteiger partial charge in [-0.2, -0.15) is 0 Å². The Labute approximate surface area is 555 Å². The lowest BCUT2D eigenvalue weighted by Crippen LogP contribution is -2.36. The third-order valence-corrected chi connectivity index (χ3v) is 32.1. The topological polar surface area (TPSA) is 77.3 Å². The Bertz CT molecular complexity index is 8630. The Balaban J connectivity index is 0.942. The zero-order valence-corrected chi connectivity index (χ0v) is 52.5. The molecule has 0 amide bonds. The first-order valence-corrected chi connectivity index (χ1v) is 36.3. The fourth-order valence-corrected chi connectivity index (χ4v) is 31.4. The second-order valence-electron chi connectivity index (χ2n) is 33.2. The lowest BCUT2D eigenvalue weighted by molar-refractivity contribution is -0.147. The molecule has 0 radical (unpaired) electrons. The minimum Gasteiger partial charge on any atom is -0.464 e. The van der Waals surface area contributed by atoms with Gasteiger partial charge in [-0.15, -0.1) is 0 Å². The molecule has 0 aliphatic heterocycles. The second-order valence-corrected chi connectivity index (χ2v) is 33.2. The van der Waals surface area contributed by atoms with Crippen LogP contribution in [0, 0.1) is 0 Å². The van der Waals surface area contributed by atoms with Gasteiger partial charge in [0.2, 0.25) is 0 Å². The molecule has 0 bridgehead atoms. The summed E-state index contributed by atoms with van der Waals surface area (Å²) in [5.41, 5.74) is 10.4. The van der Waals surface area contributed by atoms with Gasteiger partial charge in [-0.05, 0) is 317 Å². The number of rotatable bonds is 10. The highest BCUT2D eigenvalue weighted by molar-refractivity contribution is 6.80. The van der Waals surface area contributed by atoms with Gasteiger partial charge in [0, 0.05) is 22.3 Å². The number of nitrogens with zero attached hydrogens (tertiary/aromatic N) is 2. The van der Waals surface area contributed by atoms with Gasteiger partial charge in [-0.1, -0.05) is 121 Å². The van der Waals surface area contributed by atoms with E-state index in [2.05, 4.69) is 121 Å². The number of benzene rings is 20. The molecule has 6 heteroatoms. The van der Waals surface area contributed by atoms with E-state index in [4.69, 9.17) is 19.5 Å². The standard InChI is InChI=1S/C94H30N2O4/c1-3-99-87(97)93(95-85(25-17-9-5-10-18-25)26-19-11-6-12-20-26)89-77-65-57-49-41-33-30-29-31-36-40-34(29)42-38-32(30)35-39(33)51(57)59-53-44(35)48-46(38)56-50(42)58-52(40)60-54-43(36)47-45(37(31)41)55(49)69(77)71-61(47)64(54)74-75(81(71)89)84-83-76-73(79(67(59)65)91(83,89)93)63(53)62(48)72-70(56)78-66(58)68(60)80(74)92(84)90(78,82(72)76)94(92,88(98)100-4-2)96-86(27-21-13-7-14-22-27)28-23-15-8-16-24-28/h5-24H,3-4H2,1-2H3/t89?,90?,91?,92?,93-,94+. The summed E-state index contributed by atoms with van der Waals surface area (Å²) in [4.78, 5) is 50.2. The first-order chi connectivity index (χ1) is 49.6. The summed E-state index contributed by atoms with van der Waals surface area (Å²) in [5.74, 6) is -0.519. The summed E-state index contributed by atoms with van der Waals surface area (Å²) in [6.07, 6.45) is 0. The Kier molecular flexibility index (Phi) is 4.73. The van der Waals surface area contributed by atoms with Crippen molar-refractivity contribution in [3.63, 3.8) is 0 Å². The quantitative estimate of drug-likeness (QED) is 0.0777. The van der Waals surface area contributed by atoms with Crippen molar-refractivity contribution < 1.29 is 19.1 Å². The van der Waals surface area contributed by atoms with Gasteiger partial charge in [-0.3, -0.25) is 9.98 Å². The van der Waals surface area contributed by atoms with Crippen LogP contribution < -0.4 is 0 Å². The van der Waals surface area contributed by atoms with Crippen molar-refractivity contribution in [1.29, 1.82) is 0 Å². The molecule has 6 atom stereocenters. The van der Waals surface area contributed by atoms with Crippen LogP contribution in [-0.2, 0) is 40.7 Å². The summed E-state index contributed by atoms with van der Waals surface area (Å²) in [5, 5.41) is 66.0. The minimum atomic E-state index is -1.62. The second kappa shape index (κ2) is 11.0. The first-order valence-electron chi connectivity index (χ1n) is 36.3. The molecule has 38 rings (SSSR count). The molecule has 2 fully saturated rings. The molecule has 4 unspecified atom stereocenters. The van der Waals surface area contributed by atoms with Gasteiger partial charge < -0.3 is 9.47 Å². The smallest absolute Gasteiger partial charge is 0.336 e. The van der Waals surface area contributed by atoms with Crippen LogP contribution >= 0.6 is 0 Å². The maximum absolute atomic E-state index is 18.3. The van der Waals surface area contributed by atoms with E-state index in [1.807, 2.05) is 13.8 Å². The zero-order chi connectivity index (χ0) is 62.3. The van der Waals surface area contributed by atoms with E-state index >= 15 is 9.59 Å². The normalized spacial score (nSPS) is 25.7. The third-order valence-electron chi connectivity index (χ3n) is 32.1. The van der Waals surface area contributed by atoms with Gasteiger partial charge in [0.05, 0.1) is 46.3 Å². The van der Waals surface area contributed by atoms with Crippen molar-refractivity contribution in [3.8, 4) is 0 Å². The molecule has 28 aromatic carbocycles. The van der Waals surface area contributed by atoms with Gasteiger partial charge in [0.25, 0.3) is 0 Å². The van der Waals surface area contributed by atoms with E-state index < -0.39 is 32.7 Å². The van der Waals surface area contributed by atoms with Crippen LogP contribution in [0.3, 0.4) is 0 Å². The van der Waals surface area contributed by atoms with Crippen LogP contribution in [0.1, 0.15) is 80.6 Å². The lowest BCUT2D eigenvalue weighted by atomic mass is 9.60. The summed E-state index contributed by atoms with van der Waals surface area (Å²) < 4.78 is 14.5. The Morgan fingerprint density at radius 1 is 0.250 bits per heavy atom. The predicted molar refractivity (Wildman–Crippen MR) is 403 cm³/mol. The molecule has 28 aromatic rings. The van der Waals surface area contributed by atoms with Crippen LogP contribution in [0.15, 0.2) is 131 Å². The molecular weight excluding hydrogens is 1220 g/mol. The van der Waals surface area contributed by atoms with Crippen LogP contribution in [0.2, 0.25) is 0 Å². The average Bonchev–Trinajstić information content (AvgIpc) is 1.34. The van der Waals surface area contributed by atoms with Crippen LogP contribution in [-0.4, -0.2) is 47.7 Å². The summed E-state index contributed by atoms with van der Waals surface area (Å²) in [7, 11) is 0. The molecule has 6 nitrogen and oxygen atoms in total. The van der Waals surface area contributed by atoms with Gasteiger partial charge in [-0.25, -0.2) is 9.59 Å². The monoisotopic (exact) mass is 1250 g/mol. The SMILES string of the molecule is CCOC(=O)[C@@]1(N=C(c2ccccc2)c2ccccc2)C23C4=C5c6c7c8c9c(c%10c%11c2c2c4c4c%12c%13c%14c%15c%16c(c6c6c8c8c%17c9c9c%10c%10c%11c%11c2c%12c2c%12c%13c%13c%15c%15c%16c6c8c6c%15c8c%13c%12c%12c(c%112)c%10c2c9c%17c6c8c2%12)C52C4%14[C@]2(N=C(c2ccccc2)c2ccccc2)C(=O)OCC)C731. The lowest BCUT2D eigenvalue weighted by Gasteiger charge is -2.39. The van der Waals surface area contributed by atoms with Crippen LogP contribution in [0.4, 0.5) is 0 Å². The fraction of sp³-hybridized carbons (Fsp3) is 0.106. The van der Waals surface area contributed by atoms with E-state index in [0.717, 1.165) is 33.7 Å². The predicted octanol–water partition coefficient (Wildman–Crippen LogP) is 20.5. The maximum atomic E-state index is 18.3. The largest absolute Gasteiger partial charge is 0.464 e. The Morgan fingerprint density at radius 3 is 0.660 bits per heavy atom. The molecule has 100 heavy (non-hydrogen) atoms. The van der Waals surface area contributed by atoms with E-state index in [1.54, 1.807) is 0 Å². The maximum Gasteiger partial charge on any atom is 0.336 e. The molecular formula is C94H30N2O4. The van der Waals surface area contributed by atoms with Crippen molar-refractivity contribution in [3.05, 3.63) is 188 Å². The molecule has 0 N–H and O–H groups in total. The van der Waals surface area contributed by atoms with Gasteiger partial charge in [0.15, 0.2) is 11.1 Å². The molecule has 4 spiro atoms. The first kappa shape index (κ1) is 43.2. The number of carbonyl (C=O) groups is 2. The fourth-order valence-electron chi connectivity index (χ4n) is 31.4. The molecule has 0 heterocycles. The van der Waals surface area contributed by atoms with Crippen LogP contribution in [0.25, 0.3) is 259 Å². The molecule has 440 valence electrons. The minimum absolute atomic E-state index is 0.188. The van der Waals surface area contributed by atoms with Crippen molar-refractivity contribution in [1.82, 2.24) is 0 Å². The Morgan fingerprint density at radius 2 is 0.440 bits per heavy atom. The molecule has 10 aliphatic carbocycles. The molecule has 0 saturated heterocycles. The highest BCUT2D eigenvalue weighted by Gasteiger charge is 3.06. The average molecular weight is 1250 g/mol. The van der Waals surface area contributed by atoms with Crippen LogP contribution in [0.5, 0.6) is 0 Å². The van der Waals surface area contributed by atoms with E-state index in [-0.39, 0.29) is 25.2 Å². The summed E-state index contributed by atoms with van der Waals surface area (Å²) in [6, 6.07) is 43.2. The summed E-state index contributed by atoms with van der Waals surface area (Å²) >= 11 is 0.